The van der Waals surface area contributed by atoms with Gasteiger partial charge < -0.3 is 14.8 Å². The number of carbonyl (C=O) groups is 1. The molecule has 0 spiro atoms. The van der Waals surface area contributed by atoms with Gasteiger partial charge in [0.05, 0.1) is 26.5 Å². The first-order valence-electron chi connectivity index (χ1n) is 8.42. The highest BCUT2D eigenvalue weighted by molar-refractivity contribution is 7.89. The summed E-state index contributed by atoms with van der Waals surface area (Å²) in [5.41, 5.74) is 1.74. The van der Waals surface area contributed by atoms with E-state index in [4.69, 9.17) is 9.47 Å². The molecule has 2 aromatic rings. The average Bonchev–Trinajstić information content (AvgIpc) is 2.70. The average molecular weight is 392 g/mol. The van der Waals surface area contributed by atoms with Gasteiger partial charge in [0.1, 0.15) is 0 Å². The molecule has 0 aliphatic carbocycles. The molecule has 0 aromatic heterocycles. The third kappa shape index (κ3) is 6.92. The van der Waals surface area contributed by atoms with Crippen molar-refractivity contribution in [3.05, 3.63) is 59.7 Å². The molecule has 0 aliphatic rings. The van der Waals surface area contributed by atoms with E-state index in [-0.39, 0.29) is 18.8 Å². The minimum atomic E-state index is -3.52. The van der Waals surface area contributed by atoms with Crippen molar-refractivity contribution >= 4 is 15.9 Å². The molecule has 0 unspecified atom stereocenters. The lowest BCUT2D eigenvalue weighted by Gasteiger charge is -2.11. The van der Waals surface area contributed by atoms with E-state index in [1.165, 1.54) is 7.11 Å². The van der Waals surface area contributed by atoms with Crippen LogP contribution in [0.5, 0.6) is 11.5 Å². The van der Waals surface area contributed by atoms with Crippen LogP contribution < -0.4 is 19.5 Å². The van der Waals surface area contributed by atoms with Crippen LogP contribution in [0.4, 0.5) is 0 Å². The Morgan fingerprint density at radius 2 is 1.67 bits per heavy atom. The van der Waals surface area contributed by atoms with E-state index in [0.29, 0.717) is 17.9 Å². The molecular weight excluding hydrogens is 368 g/mol. The number of benzene rings is 2. The lowest BCUT2D eigenvalue weighted by Crippen LogP contribution is -2.37. The van der Waals surface area contributed by atoms with Crippen LogP contribution in [0.3, 0.4) is 0 Å². The van der Waals surface area contributed by atoms with Gasteiger partial charge in [-0.05, 0) is 29.7 Å². The molecule has 2 rings (SSSR count). The highest BCUT2D eigenvalue weighted by Gasteiger charge is 2.13. The molecule has 0 saturated heterocycles. The van der Waals surface area contributed by atoms with Crippen molar-refractivity contribution in [1.82, 2.24) is 10.0 Å². The molecule has 0 atom stereocenters. The molecule has 0 aliphatic heterocycles. The fraction of sp³-hybridized carbons (Fsp3) is 0.316. The Labute approximate surface area is 159 Å². The van der Waals surface area contributed by atoms with Crippen molar-refractivity contribution in [3.63, 3.8) is 0 Å². The predicted molar refractivity (Wildman–Crippen MR) is 103 cm³/mol. The summed E-state index contributed by atoms with van der Waals surface area (Å²) in [5.74, 6) is 0.678. The first kappa shape index (κ1) is 20.7. The van der Waals surface area contributed by atoms with E-state index < -0.39 is 15.9 Å². The molecule has 146 valence electrons. The number of ether oxygens (including phenoxy) is 2. The van der Waals surface area contributed by atoms with Crippen molar-refractivity contribution in [3.8, 4) is 11.5 Å². The third-order valence-electron chi connectivity index (χ3n) is 3.89. The van der Waals surface area contributed by atoms with Gasteiger partial charge in [-0.3, -0.25) is 4.79 Å². The fourth-order valence-corrected chi connectivity index (χ4v) is 3.40. The number of aryl methyl sites for hydroxylation is 1. The molecule has 0 heterocycles. The second-order valence-corrected chi connectivity index (χ2v) is 7.77. The van der Waals surface area contributed by atoms with Gasteiger partial charge >= 0.3 is 0 Å². The van der Waals surface area contributed by atoms with Crippen molar-refractivity contribution < 1.29 is 22.7 Å². The van der Waals surface area contributed by atoms with Crippen LogP contribution in [-0.4, -0.2) is 40.8 Å². The van der Waals surface area contributed by atoms with E-state index in [2.05, 4.69) is 10.0 Å². The van der Waals surface area contributed by atoms with Crippen LogP contribution in [0.15, 0.2) is 48.5 Å². The number of amides is 1. The molecule has 0 saturated carbocycles. The van der Waals surface area contributed by atoms with Gasteiger partial charge in [0.2, 0.25) is 15.9 Å². The largest absolute Gasteiger partial charge is 0.493 e. The van der Waals surface area contributed by atoms with Crippen molar-refractivity contribution in [2.45, 2.75) is 13.0 Å². The molecule has 0 radical (unpaired) electrons. The van der Waals surface area contributed by atoms with E-state index in [1.807, 2.05) is 30.3 Å². The highest BCUT2D eigenvalue weighted by atomic mass is 32.2. The zero-order chi connectivity index (χ0) is 19.7. The second-order valence-electron chi connectivity index (χ2n) is 5.84. The topological polar surface area (TPSA) is 93.7 Å². The van der Waals surface area contributed by atoms with Gasteiger partial charge in [-0.15, -0.1) is 0 Å². The number of sulfonamides is 1. The third-order valence-corrected chi connectivity index (χ3v) is 5.22. The molecule has 2 aromatic carbocycles. The van der Waals surface area contributed by atoms with Crippen LogP contribution >= 0.6 is 0 Å². The Morgan fingerprint density at radius 1 is 0.963 bits per heavy atom. The Kier molecular flexibility index (Phi) is 7.63. The number of carbonyl (C=O) groups excluding carboxylic acids is 1. The number of methoxy groups -OCH3 is 2. The Balaban J connectivity index is 1.78. The van der Waals surface area contributed by atoms with Crippen LogP contribution in [0.25, 0.3) is 0 Å². The highest BCUT2D eigenvalue weighted by Crippen LogP contribution is 2.27. The summed E-state index contributed by atoms with van der Waals surface area (Å²) in [5, 5.41) is 2.67. The second kappa shape index (κ2) is 9.94. The summed E-state index contributed by atoms with van der Waals surface area (Å²) in [4.78, 5) is 11.9. The minimum absolute atomic E-state index is 0.0695. The summed E-state index contributed by atoms with van der Waals surface area (Å²) in [6, 6.07) is 14.6. The van der Waals surface area contributed by atoms with Gasteiger partial charge in [-0.25, -0.2) is 13.1 Å². The molecular formula is C19H24N2O5S. The number of hydrogen-bond acceptors (Lipinski definition) is 5. The lowest BCUT2D eigenvalue weighted by atomic mass is 10.2. The van der Waals surface area contributed by atoms with Crippen LogP contribution in [0.2, 0.25) is 0 Å². The lowest BCUT2D eigenvalue weighted by molar-refractivity contribution is -0.120. The first-order valence-corrected chi connectivity index (χ1v) is 10.1. The summed E-state index contributed by atoms with van der Waals surface area (Å²) < 4.78 is 36.7. The molecule has 8 heteroatoms. The maximum Gasteiger partial charge on any atom is 0.235 e. The zero-order valence-corrected chi connectivity index (χ0v) is 16.2. The normalized spacial score (nSPS) is 11.0. The summed E-state index contributed by atoms with van der Waals surface area (Å²) in [6.45, 7) is -0.0463. The minimum Gasteiger partial charge on any atom is -0.493 e. The molecule has 2 N–H and O–H groups in total. The number of hydrogen-bond donors (Lipinski definition) is 2. The predicted octanol–water partition coefficient (Wildman–Crippen LogP) is 1.48. The maximum atomic E-state index is 12.0. The van der Waals surface area contributed by atoms with Gasteiger partial charge in [0.25, 0.3) is 0 Å². The smallest absolute Gasteiger partial charge is 0.235 e. The van der Waals surface area contributed by atoms with Gasteiger partial charge in [-0.2, -0.15) is 0 Å². The van der Waals surface area contributed by atoms with Gasteiger partial charge in [-0.1, -0.05) is 36.4 Å². The van der Waals surface area contributed by atoms with Crippen LogP contribution in [0.1, 0.15) is 11.1 Å². The van der Waals surface area contributed by atoms with Gasteiger partial charge in [0, 0.05) is 6.54 Å². The zero-order valence-electron chi connectivity index (χ0n) is 15.4. The van der Waals surface area contributed by atoms with Crippen LogP contribution in [-0.2, 0) is 27.8 Å². The maximum absolute atomic E-state index is 12.0. The SMILES string of the molecule is COc1ccc(CNC(=O)CNS(=O)(=O)CCc2ccccc2)cc1OC. The van der Waals surface area contributed by atoms with E-state index in [9.17, 15) is 13.2 Å². The Morgan fingerprint density at radius 3 is 2.33 bits per heavy atom. The molecule has 27 heavy (non-hydrogen) atoms. The van der Waals surface area contributed by atoms with E-state index in [0.717, 1.165) is 11.1 Å². The van der Waals surface area contributed by atoms with E-state index >= 15 is 0 Å². The fourth-order valence-electron chi connectivity index (χ4n) is 2.40. The first-order chi connectivity index (χ1) is 12.9. The quantitative estimate of drug-likeness (QED) is 0.639. The van der Waals surface area contributed by atoms with Crippen molar-refractivity contribution in [2.75, 3.05) is 26.5 Å². The molecule has 0 fully saturated rings. The number of nitrogens with one attached hydrogen (secondary N) is 2. The Hall–Kier alpha value is -2.58. The molecule has 0 bridgehead atoms. The van der Waals surface area contributed by atoms with E-state index in [1.54, 1.807) is 25.3 Å². The van der Waals surface area contributed by atoms with Gasteiger partial charge in [0.15, 0.2) is 11.5 Å². The summed E-state index contributed by atoms with van der Waals surface area (Å²) >= 11 is 0. The monoisotopic (exact) mass is 392 g/mol. The Bertz CT molecular complexity index is 854. The standard InChI is InChI=1S/C19H24N2O5S/c1-25-17-9-8-16(12-18(17)26-2)13-20-19(22)14-21-27(23,24)11-10-15-6-4-3-5-7-15/h3-9,12,21H,10-11,13-14H2,1-2H3,(H,20,22). The van der Waals surface area contributed by atoms with Crippen molar-refractivity contribution in [1.29, 1.82) is 0 Å². The summed E-state index contributed by atoms with van der Waals surface area (Å²) in [7, 11) is -0.448. The van der Waals surface area contributed by atoms with Crippen molar-refractivity contribution in [2.24, 2.45) is 0 Å². The van der Waals surface area contributed by atoms with Crippen LogP contribution in [0, 0.1) is 0 Å². The summed E-state index contributed by atoms with van der Waals surface area (Å²) in [6.07, 6.45) is 0.392. The number of rotatable bonds is 10. The molecule has 7 nitrogen and oxygen atoms in total. The molecule has 1 amide bonds.